The zero-order valence-electron chi connectivity index (χ0n) is 21.0. The second kappa shape index (κ2) is 10.2. The minimum atomic E-state index is -3.43. The summed E-state index contributed by atoms with van der Waals surface area (Å²) in [4.78, 5) is 2.22. The zero-order valence-corrected chi connectivity index (χ0v) is 22.6. The normalized spacial score (nSPS) is 18.5. The molecule has 0 spiro atoms. The monoisotopic (exact) mass is 527 g/mol. The van der Waals surface area contributed by atoms with Gasteiger partial charge in [0.2, 0.25) is 20.0 Å². The van der Waals surface area contributed by atoms with E-state index in [1.54, 1.807) is 19.9 Å². The van der Waals surface area contributed by atoms with Crippen LogP contribution < -0.4 is 13.9 Å². The standard InChI is InChI=1S/C27H33N3O4S2/c1-20(2)36(33,34)28-27-19-30(24-10-6-5-7-11-24)18-26(27)22-15-13-21(14-16-22)23-9-8-12-25(17-23)29(3)35(4,31)32/h5-17,20,26-28H,18-19H2,1-4H3. The van der Waals surface area contributed by atoms with Crippen LogP contribution in [0, 0.1) is 0 Å². The third-order valence-corrected chi connectivity index (χ3v) is 9.84. The Morgan fingerprint density at radius 3 is 2.14 bits per heavy atom. The van der Waals surface area contributed by atoms with E-state index in [-0.39, 0.29) is 12.0 Å². The van der Waals surface area contributed by atoms with Gasteiger partial charge in [0.1, 0.15) is 0 Å². The van der Waals surface area contributed by atoms with Gasteiger partial charge in [-0.15, -0.1) is 0 Å². The summed E-state index contributed by atoms with van der Waals surface area (Å²) in [5, 5.41) is -0.511. The molecule has 192 valence electrons. The van der Waals surface area contributed by atoms with Gasteiger partial charge in [0.15, 0.2) is 0 Å². The van der Waals surface area contributed by atoms with Gasteiger partial charge in [-0.1, -0.05) is 54.6 Å². The molecule has 4 rings (SSSR count). The molecule has 0 aromatic heterocycles. The molecule has 7 nitrogen and oxygen atoms in total. The predicted octanol–water partition coefficient (Wildman–Crippen LogP) is 4.05. The average Bonchev–Trinajstić information content (AvgIpc) is 3.26. The molecule has 0 amide bonds. The molecule has 1 N–H and O–H groups in total. The summed E-state index contributed by atoms with van der Waals surface area (Å²) in [6, 6.07) is 25.3. The van der Waals surface area contributed by atoms with Crippen molar-refractivity contribution in [3.05, 3.63) is 84.4 Å². The summed E-state index contributed by atoms with van der Waals surface area (Å²) in [5.41, 5.74) is 4.58. The SMILES string of the molecule is CC(C)S(=O)(=O)NC1CN(c2ccccc2)CC1c1ccc(-c2cccc(N(C)S(C)(=O)=O)c2)cc1. The van der Waals surface area contributed by atoms with Crippen LogP contribution in [0.5, 0.6) is 0 Å². The summed E-state index contributed by atoms with van der Waals surface area (Å²) >= 11 is 0. The minimum Gasteiger partial charge on any atom is -0.369 e. The summed E-state index contributed by atoms with van der Waals surface area (Å²) < 4.78 is 53.6. The Morgan fingerprint density at radius 2 is 1.53 bits per heavy atom. The van der Waals surface area contributed by atoms with Crippen molar-refractivity contribution < 1.29 is 16.8 Å². The van der Waals surface area contributed by atoms with E-state index < -0.39 is 25.3 Å². The molecule has 1 aliphatic heterocycles. The highest BCUT2D eigenvalue weighted by molar-refractivity contribution is 7.92. The van der Waals surface area contributed by atoms with E-state index >= 15 is 0 Å². The second-order valence-corrected chi connectivity index (χ2v) is 13.9. The van der Waals surface area contributed by atoms with Gasteiger partial charge >= 0.3 is 0 Å². The van der Waals surface area contributed by atoms with E-state index in [4.69, 9.17) is 0 Å². The fraction of sp³-hybridized carbons (Fsp3) is 0.333. The maximum absolute atomic E-state index is 12.7. The lowest BCUT2D eigenvalue weighted by Crippen LogP contribution is -2.43. The van der Waals surface area contributed by atoms with E-state index in [0.29, 0.717) is 18.8 Å². The van der Waals surface area contributed by atoms with Crippen LogP contribution in [0.2, 0.25) is 0 Å². The molecule has 0 radical (unpaired) electrons. The Hall–Kier alpha value is -2.88. The van der Waals surface area contributed by atoms with Crippen LogP contribution in [0.25, 0.3) is 11.1 Å². The van der Waals surface area contributed by atoms with Crippen LogP contribution in [0.3, 0.4) is 0 Å². The maximum atomic E-state index is 12.7. The lowest BCUT2D eigenvalue weighted by molar-refractivity contribution is 0.535. The Morgan fingerprint density at radius 1 is 0.861 bits per heavy atom. The highest BCUT2D eigenvalue weighted by atomic mass is 32.2. The highest BCUT2D eigenvalue weighted by Gasteiger charge is 2.37. The molecule has 1 fully saturated rings. The molecule has 1 heterocycles. The van der Waals surface area contributed by atoms with Gasteiger partial charge in [-0.25, -0.2) is 21.6 Å². The van der Waals surface area contributed by atoms with Crippen molar-refractivity contribution in [3.63, 3.8) is 0 Å². The number of rotatable bonds is 8. The molecular weight excluding hydrogens is 494 g/mol. The molecule has 36 heavy (non-hydrogen) atoms. The number of nitrogens with zero attached hydrogens (tertiary/aromatic N) is 2. The second-order valence-electron chi connectivity index (χ2n) is 9.57. The van der Waals surface area contributed by atoms with Crippen molar-refractivity contribution in [1.29, 1.82) is 0 Å². The van der Waals surface area contributed by atoms with E-state index in [1.807, 2.05) is 72.8 Å². The third-order valence-electron chi connectivity index (χ3n) is 6.76. The van der Waals surface area contributed by atoms with Crippen molar-refractivity contribution in [2.24, 2.45) is 0 Å². The summed E-state index contributed by atoms with van der Waals surface area (Å²) in [6.07, 6.45) is 1.18. The summed E-state index contributed by atoms with van der Waals surface area (Å²) in [5.74, 6) is -0.0181. The summed E-state index contributed by atoms with van der Waals surface area (Å²) in [6.45, 7) is 4.66. The number of nitrogens with one attached hydrogen (secondary N) is 1. The quantitative estimate of drug-likeness (QED) is 0.478. The number of benzene rings is 3. The smallest absolute Gasteiger partial charge is 0.231 e. The number of hydrogen-bond donors (Lipinski definition) is 1. The summed E-state index contributed by atoms with van der Waals surface area (Å²) in [7, 11) is -5.25. The van der Waals surface area contributed by atoms with Gasteiger partial charge in [-0.3, -0.25) is 4.31 Å². The van der Waals surface area contributed by atoms with Crippen molar-refractivity contribution in [2.45, 2.75) is 31.1 Å². The Balaban J connectivity index is 1.62. The topological polar surface area (TPSA) is 86.8 Å². The minimum absolute atomic E-state index is 0.0181. The molecule has 0 bridgehead atoms. The number of para-hydroxylation sites is 1. The molecule has 1 aliphatic rings. The van der Waals surface area contributed by atoms with Crippen molar-refractivity contribution in [3.8, 4) is 11.1 Å². The van der Waals surface area contributed by atoms with Crippen LogP contribution in [0.1, 0.15) is 25.3 Å². The predicted molar refractivity (Wildman–Crippen MR) is 148 cm³/mol. The zero-order chi connectivity index (χ0) is 26.1. The van der Waals surface area contributed by atoms with Crippen LogP contribution in [0.4, 0.5) is 11.4 Å². The highest BCUT2D eigenvalue weighted by Crippen LogP contribution is 2.33. The molecule has 3 aromatic rings. The van der Waals surface area contributed by atoms with Crippen molar-refractivity contribution in [1.82, 2.24) is 4.72 Å². The number of sulfonamides is 2. The molecule has 2 atom stereocenters. The fourth-order valence-corrected chi connectivity index (χ4v) is 5.88. The molecule has 3 aromatic carbocycles. The van der Waals surface area contributed by atoms with Crippen LogP contribution in [0.15, 0.2) is 78.9 Å². The molecule has 1 saturated heterocycles. The van der Waals surface area contributed by atoms with Crippen LogP contribution in [-0.4, -0.2) is 54.5 Å². The number of hydrogen-bond acceptors (Lipinski definition) is 5. The molecule has 0 saturated carbocycles. The first kappa shape index (κ1) is 26.2. The Kier molecular flexibility index (Phi) is 7.45. The van der Waals surface area contributed by atoms with E-state index in [1.165, 1.54) is 17.6 Å². The van der Waals surface area contributed by atoms with Gasteiger partial charge in [0.25, 0.3) is 0 Å². The fourth-order valence-electron chi connectivity index (χ4n) is 4.45. The average molecular weight is 528 g/mol. The third kappa shape index (κ3) is 5.74. The van der Waals surface area contributed by atoms with E-state index in [2.05, 4.69) is 9.62 Å². The van der Waals surface area contributed by atoms with Gasteiger partial charge in [0.05, 0.1) is 17.2 Å². The number of anilines is 2. The first-order valence-corrected chi connectivity index (χ1v) is 15.3. The van der Waals surface area contributed by atoms with Crippen LogP contribution >= 0.6 is 0 Å². The lowest BCUT2D eigenvalue weighted by Gasteiger charge is -2.21. The molecular formula is C27H33N3O4S2. The van der Waals surface area contributed by atoms with Gasteiger partial charge in [-0.2, -0.15) is 0 Å². The molecule has 9 heteroatoms. The Bertz CT molecular complexity index is 1410. The Labute approximate surface area is 214 Å². The van der Waals surface area contributed by atoms with Gasteiger partial charge in [-0.05, 0) is 54.8 Å². The van der Waals surface area contributed by atoms with Gasteiger partial charge < -0.3 is 4.90 Å². The van der Waals surface area contributed by atoms with E-state index in [0.717, 1.165) is 22.4 Å². The molecule has 0 aliphatic carbocycles. The van der Waals surface area contributed by atoms with Crippen molar-refractivity contribution in [2.75, 3.05) is 35.6 Å². The maximum Gasteiger partial charge on any atom is 0.231 e. The van der Waals surface area contributed by atoms with Crippen molar-refractivity contribution >= 4 is 31.4 Å². The first-order chi connectivity index (χ1) is 17.0. The van der Waals surface area contributed by atoms with Gasteiger partial charge in [0, 0.05) is 37.8 Å². The van der Waals surface area contributed by atoms with E-state index in [9.17, 15) is 16.8 Å². The van der Waals surface area contributed by atoms with Crippen LogP contribution in [-0.2, 0) is 20.0 Å². The first-order valence-electron chi connectivity index (χ1n) is 11.9. The molecule has 2 unspecified atom stereocenters. The largest absolute Gasteiger partial charge is 0.369 e. The lowest BCUT2D eigenvalue weighted by atomic mass is 9.93.